The highest BCUT2D eigenvalue weighted by Gasteiger charge is 2.31. The molecule has 1 atom stereocenters. The van der Waals surface area contributed by atoms with Gasteiger partial charge in [0.25, 0.3) is 5.91 Å². The number of amides is 1. The number of hydrogen-bond acceptors (Lipinski definition) is 3. The number of carboxylic acids is 1. The molecule has 1 fully saturated rings. The summed E-state index contributed by atoms with van der Waals surface area (Å²) in [7, 11) is 0. The first-order valence-electron chi connectivity index (χ1n) is 6.06. The number of carbonyl (C=O) groups excluding carboxylic acids is 1. The molecule has 1 amide bonds. The van der Waals surface area contributed by atoms with Gasteiger partial charge in [-0.05, 0) is 18.3 Å². The van der Waals surface area contributed by atoms with Crippen LogP contribution in [0.1, 0.15) is 41.2 Å². The van der Waals surface area contributed by atoms with Gasteiger partial charge in [-0.25, -0.2) is 9.78 Å². The molecule has 1 aromatic rings. The largest absolute Gasteiger partial charge is 0.477 e. The van der Waals surface area contributed by atoms with Crippen LogP contribution in [0.5, 0.6) is 0 Å². The number of aromatic amines is 1. The van der Waals surface area contributed by atoms with E-state index in [1.165, 1.54) is 6.33 Å². The van der Waals surface area contributed by atoms with Gasteiger partial charge in [0.1, 0.15) is 0 Å². The Labute approximate surface area is 105 Å². The third kappa shape index (κ3) is 2.23. The Morgan fingerprint density at radius 3 is 2.83 bits per heavy atom. The molecule has 6 nitrogen and oxygen atoms in total. The summed E-state index contributed by atoms with van der Waals surface area (Å²) in [6.45, 7) is 5.63. The maximum Gasteiger partial charge on any atom is 0.354 e. The lowest BCUT2D eigenvalue weighted by Gasteiger charge is -2.17. The normalized spacial score (nSPS) is 19.5. The second-order valence-electron chi connectivity index (χ2n) is 4.98. The van der Waals surface area contributed by atoms with E-state index in [-0.39, 0.29) is 17.3 Å². The molecule has 1 aliphatic heterocycles. The van der Waals surface area contributed by atoms with Crippen molar-refractivity contribution >= 4 is 11.9 Å². The number of carbonyl (C=O) groups is 2. The molecule has 0 spiro atoms. The maximum absolute atomic E-state index is 12.2. The lowest BCUT2D eigenvalue weighted by molar-refractivity contribution is 0.0673. The Morgan fingerprint density at radius 1 is 1.56 bits per heavy atom. The maximum atomic E-state index is 12.2. The molecule has 6 heteroatoms. The highest BCUT2D eigenvalue weighted by molar-refractivity contribution is 6.02. The second kappa shape index (κ2) is 4.80. The van der Waals surface area contributed by atoms with Crippen LogP contribution < -0.4 is 0 Å². The summed E-state index contributed by atoms with van der Waals surface area (Å²) in [5.41, 5.74) is -0.125. The molecule has 0 saturated carbocycles. The van der Waals surface area contributed by atoms with Crippen LogP contribution in [0.3, 0.4) is 0 Å². The first-order valence-corrected chi connectivity index (χ1v) is 6.06. The number of aromatic nitrogens is 2. The van der Waals surface area contributed by atoms with Crippen molar-refractivity contribution in [2.24, 2.45) is 11.8 Å². The standard InChI is InChI=1S/C12H17N3O3/c1-7(2)8-3-4-15(5-8)11(16)9-10(12(17)18)14-6-13-9/h6-8H,3-5H2,1-2H3,(H,13,14)(H,17,18). The molecule has 18 heavy (non-hydrogen) atoms. The Hall–Kier alpha value is -1.85. The van der Waals surface area contributed by atoms with Crippen LogP contribution in [0, 0.1) is 11.8 Å². The van der Waals surface area contributed by atoms with E-state index in [4.69, 9.17) is 5.11 Å². The van der Waals surface area contributed by atoms with E-state index in [1.807, 2.05) is 0 Å². The fourth-order valence-electron chi connectivity index (χ4n) is 2.29. The van der Waals surface area contributed by atoms with Gasteiger partial charge in [0.2, 0.25) is 0 Å². The Balaban J connectivity index is 2.13. The quantitative estimate of drug-likeness (QED) is 0.845. The molecule has 0 aliphatic carbocycles. The SMILES string of the molecule is CC(C)C1CCN(C(=O)c2nc[nH]c2C(=O)O)C1. The number of imidazole rings is 1. The summed E-state index contributed by atoms with van der Waals surface area (Å²) in [5.74, 6) is -0.436. The van der Waals surface area contributed by atoms with Gasteiger partial charge in [0, 0.05) is 13.1 Å². The van der Waals surface area contributed by atoms with E-state index in [1.54, 1.807) is 4.90 Å². The van der Waals surface area contributed by atoms with Crippen LogP contribution >= 0.6 is 0 Å². The number of nitrogens with one attached hydrogen (secondary N) is 1. The van der Waals surface area contributed by atoms with E-state index in [0.717, 1.165) is 6.42 Å². The first-order chi connectivity index (χ1) is 8.50. The van der Waals surface area contributed by atoms with Crippen molar-refractivity contribution in [2.75, 3.05) is 13.1 Å². The molecule has 0 bridgehead atoms. The van der Waals surface area contributed by atoms with Crippen molar-refractivity contribution in [3.63, 3.8) is 0 Å². The summed E-state index contributed by atoms with van der Waals surface area (Å²) >= 11 is 0. The molecule has 1 saturated heterocycles. The molecular weight excluding hydrogens is 234 g/mol. The topological polar surface area (TPSA) is 86.3 Å². The summed E-state index contributed by atoms with van der Waals surface area (Å²) in [5, 5.41) is 8.94. The molecule has 2 rings (SSSR count). The second-order valence-corrected chi connectivity index (χ2v) is 4.98. The summed E-state index contributed by atoms with van der Waals surface area (Å²) in [6.07, 6.45) is 2.21. The zero-order valence-electron chi connectivity index (χ0n) is 10.5. The Bertz CT molecular complexity index is 467. The molecule has 0 aromatic carbocycles. The predicted molar refractivity (Wildman–Crippen MR) is 64.4 cm³/mol. The Kier molecular flexibility index (Phi) is 3.36. The number of likely N-dealkylation sites (tertiary alicyclic amines) is 1. The van der Waals surface area contributed by atoms with Gasteiger partial charge in [0.15, 0.2) is 11.4 Å². The number of aromatic carboxylic acids is 1. The molecule has 1 unspecified atom stereocenters. The molecule has 2 heterocycles. The van der Waals surface area contributed by atoms with Crippen molar-refractivity contribution < 1.29 is 14.7 Å². The summed E-state index contributed by atoms with van der Waals surface area (Å²) in [6, 6.07) is 0. The smallest absolute Gasteiger partial charge is 0.354 e. The lowest BCUT2D eigenvalue weighted by atomic mass is 9.95. The van der Waals surface area contributed by atoms with Crippen LogP contribution in [0.4, 0.5) is 0 Å². The third-order valence-electron chi connectivity index (χ3n) is 3.51. The zero-order valence-corrected chi connectivity index (χ0v) is 10.5. The van der Waals surface area contributed by atoms with Crippen LogP contribution in [0.25, 0.3) is 0 Å². The van der Waals surface area contributed by atoms with Gasteiger partial charge in [-0.1, -0.05) is 13.8 Å². The minimum atomic E-state index is -1.16. The van der Waals surface area contributed by atoms with Crippen LogP contribution in [-0.4, -0.2) is 44.9 Å². The minimum absolute atomic E-state index is 0.00639. The molecule has 0 radical (unpaired) electrons. The molecule has 1 aliphatic rings. The summed E-state index contributed by atoms with van der Waals surface area (Å²) in [4.78, 5) is 31.1. The first kappa shape index (κ1) is 12.6. The van der Waals surface area contributed by atoms with Crippen molar-refractivity contribution in [1.82, 2.24) is 14.9 Å². The van der Waals surface area contributed by atoms with Crippen LogP contribution in [-0.2, 0) is 0 Å². The molecule has 98 valence electrons. The van der Waals surface area contributed by atoms with Crippen molar-refractivity contribution in [3.05, 3.63) is 17.7 Å². The lowest BCUT2D eigenvalue weighted by Crippen LogP contribution is -2.30. The fraction of sp³-hybridized carbons (Fsp3) is 0.583. The highest BCUT2D eigenvalue weighted by atomic mass is 16.4. The van der Waals surface area contributed by atoms with Crippen LogP contribution in [0.2, 0.25) is 0 Å². The monoisotopic (exact) mass is 251 g/mol. The van der Waals surface area contributed by atoms with E-state index in [0.29, 0.717) is 24.9 Å². The van der Waals surface area contributed by atoms with Gasteiger partial charge in [-0.3, -0.25) is 4.79 Å². The van der Waals surface area contributed by atoms with E-state index >= 15 is 0 Å². The summed E-state index contributed by atoms with van der Waals surface area (Å²) < 4.78 is 0. The average molecular weight is 251 g/mol. The minimum Gasteiger partial charge on any atom is -0.477 e. The van der Waals surface area contributed by atoms with Gasteiger partial charge < -0.3 is 15.0 Å². The molecule has 1 aromatic heterocycles. The van der Waals surface area contributed by atoms with Gasteiger partial charge in [-0.15, -0.1) is 0 Å². The fourth-order valence-corrected chi connectivity index (χ4v) is 2.29. The predicted octanol–water partition coefficient (Wildman–Crippen LogP) is 1.23. The highest BCUT2D eigenvalue weighted by Crippen LogP contribution is 2.25. The van der Waals surface area contributed by atoms with Gasteiger partial charge in [0.05, 0.1) is 6.33 Å². The van der Waals surface area contributed by atoms with Gasteiger partial charge in [-0.2, -0.15) is 0 Å². The van der Waals surface area contributed by atoms with Crippen molar-refractivity contribution in [1.29, 1.82) is 0 Å². The number of carboxylic acid groups (broad SMARTS) is 1. The van der Waals surface area contributed by atoms with E-state index in [9.17, 15) is 9.59 Å². The average Bonchev–Trinajstić information content (AvgIpc) is 2.97. The van der Waals surface area contributed by atoms with Crippen LogP contribution in [0.15, 0.2) is 6.33 Å². The number of H-pyrrole nitrogens is 1. The molecular formula is C12H17N3O3. The van der Waals surface area contributed by atoms with Gasteiger partial charge >= 0.3 is 5.97 Å². The van der Waals surface area contributed by atoms with E-state index < -0.39 is 5.97 Å². The number of nitrogens with zero attached hydrogens (tertiary/aromatic N) is 2. The number of rotatable bonds is 3. The Morgan fingerprint density at radius 2 is 2.28 bits per heavy atom. The number of hydrogen-bond donors (Lipinski definition) is 2. The van der Waals surface area contributed by atoms with Crippen molar-refractivity contribution in [3.8, 4) is 0 Å². The van der Waals surface area contributed by atoms with Crippen molar-refractivity contribution in [2.45, 2.75) is 20.3 Å². The molecule has 2 N–H and O–H groups in total. The zero-order chi connectivity index (χ0) is 13.3. The third-order valence-corrected chi connectivity index (χ3v) is 3.51. The van der Waals surface area contributed by atoms with E-state index in [2.05, 4.69) is 23.8 Å².